The Morgan fingerprint density at radius 2 is 0.952 bits per heavy atom. The van der Waals surface area contributed by atoms with Crippen molar-refractivity contribution in [1.82, 2.24) is 4.98 Å². The van der Waals surface area contributed by atoms with Crippen molar-refractivity contribution in [2.45, 2.75) is 5.41 Å². The fraction of sp³-hybridized carbons (Fsp3) is 0.0167. The molecule has 13 rings (SSSR count). The van der Waals surface area contributed by atoms with E-state index in [0.717, 1.165) is 72.4 Å². The molecule has 3 nitrogen and oxygen atoms in total. The number of anilines is 3. The maximum Gasteiger partial charge on any atom is 0.143 e. The van der Waals surface area contributed by atoms with E-state index in [1.165, 1.54) is 44.8 Å². The second-order valence-electron chi connectivity index (χ2n) is 16.6. The molecule has 11 aromatic rings. The van der Waals surface area contributed by atoms with Crippen LogP contribution in [-0.4, -0.2) is 4.98 Å². The van der Waals surface area contributed by atoms with Gasteiger partial charge in [-0.2, -0.15) is 0 Å². The van der Waals surface area contributed by atoms with E-state index in [0.29, 0.717) is 0 Å². The molecule has 0 unspecified atom stereocenters. The Kier molecular flexibility index (Phi) is 7.82. The van der Waals surface area contributed by atoms with Crippen LogP contribution in [0, 0.1) is 0 Å². The highest BCUT2D eigenvalue weighted by atomic mass is 16.3. The molecule has 0 bridgehead atoms. The van der Waals surface area contributed by atoms with Crippen LogP contribution in [-0.2, 0) is 5.41 Å². The summed E-state index contributed by atoms with van der Waals surface area (Å²) < 4.78 is 6.67. The van der Waals surface area contributed by atoms with Crippen LogP contribution in [0.15, 0.2) is 235 Å². The van der Waals surface area contributed by atoms with Gasteiger partial charge in [0.2, 0.25) is 0 Å². The average molecular weight is 803 g/mol. The van der Waals surface area contributed by atoms with E-state index in [4.69, 9.17) is 9.40 Å². The van der Waals surface area contributed by atoms with Crippen LogP contribution in [0.5, 0.6) is 0 Å². The van der Waals surface area contributed by atoms with Gasteiger partial charge in [-0.15, -0.1) is 0 Å². The van der Waals surface area contributed by atoms with Crippen molar-refractivity contribution < 1.29 is 4.42 Å². The molecule has 0 amide bonds. The predicted octanol–water partition coefficient (Wildman–Crippen LogP) is 15.8. The molecule has 0 saturated carbocycles. The van der Waals surface area contributed by atoms with Crippen molar-refractivity contribution in [2.24, 2.45) is 0 Å². The molecule has 0 N–H and O–H groups in total. The van der Waals surface area contributed by atoms with Gasteiger partial charge >= 0.3 is 0 Å². The monoisotopic (exact) mass is 802 g/mol. The smallest absolute Gasteiger partial charge is 0.143 e. The Bertz CT molecular complexity index is 3470. The predicted molar refractivity (Wildman–Crippen MR) is 259 cm³/mol. The molecule has 3 heteroatoms. The van der Waals surface area contributed by atoms with Crippen LogP contribution >= 0.6 is 0 Å². The van der Waals surface area contributed by atoms with Gasteiger partial charge in [0.15, 0.2) is 0 Å². The second-order valence-corrected chi connectivity index (χ2v) is 16.6. The Labute approximate surface area is 365 Å². The maximum absolute atomic E-state index is 6.67. The van der Waals surface area contributed by atoms with Crippen molar-refractivity contribution in [3.8, 4) is 55.9 Å². The first-order valence-electron chi connectivity index (χ1n) is 21.6. The normalized spacial score (nSPS) is 13.2. The minimum absolute atomic E-state index is 0.637. The SMILES string of the molecule is c1ccc(-c2cc(-c3ccccc3)nc(-c3cccc4c3-c3cc(-c5cccc6c5oc5ccccc56)ccc3C43c4ccccc4N(c4ccccc4)c4ccccc43)c2)cc1. The van der Waals surface area contributed by atoms with Gasteiger partial charge in [0.05, 0.1) is 28.2 Å². The molecular weight excluding hydrogens is 765 g/mol. The van der Waals surface area contributed by atoms with Crippen LogP contribution in [0.4, 0.5) is 17.1 Å². The van der Waals surface area contributed by atoms with Crippen LogP contribution in [0.1, 0.15) is 22.3 Å². The summed E-state index contributed by atoms with van der Waals surface area (Å²) in [6.07, 6.45) is 0. The van der Waals surface area contributed by atoms with Gasteiger partial charge in [-0.25, -0.2) is 4.98 Å². The number of hydrogen-bond donors (Lipinski definition) is 0. The quantitative estimate of drug-likeness (QED) is 0.174. The topological polar surface area (TPSA) is 29.3 Å². The fourth-order valence-corrected chi connectivity index (χ4v) is 10.6. The van der Waals surface area contributed by atoms with Gasteiger partial charge in [-0.05, 0) is 98.6 Å². The zero-order valence-corrected chi connectivity index (χ0v) is 34.2. The highest BCUT2D eigenvalue weighted by Crippen LogP contribution is 2.65. The van der Waals surface area contributed by atoms with Gasteiger partial charge in [-0.3, -0.25) is 0 Å². The van der Waals surface area contributed by atoms with Crippen LogP contribution in [0.2, 0.25) is 0 Å². The van der Waals surface area contributed by atoms with Crippen molar-refractivity contribution >= 4 is 39.0 Å². The molecule has 0 radical (unpaired) electrons. The third-order valence-electron chi connectivity index (χ3n) is 13.3. The lowest BCUT2D eigenvalue weighted by Crippen LogP contribution is -2.36. The summed E-state index contributed by atoms with van der Waals surface area (Å²) in [6, 6.07) is 83.4. The Morgan fingerprint density at radius 3 is 1.71 bits per heavy atom. The second kappa shape index (κ2) is 13.9. The minimum Gasteiger partial charge on any atom is -0.455 e. The fourth-order valence-electron chi connectivity index (χ4n) is 10.6. The number of para-hydroxylation sites is 5. The summed E-state index contributed by atoms with van der Waals surface area (Å²) in [5, 5.41) is 2.24. The number of benzene rings is 9. The van der Waals surface area contributed by atoms with Gasteiger partial charge in [-0.1, -0.05) is 182 Å². The third-order valence-corrected chi connectivity index (χ3v) is 13.3. The molecule has 9 aromatic carbocycles. The number of furan rings is 1. The van der Waals surface area contributed by atoms with Crippen molar-refractivity contribution in [1.29, 1.82) is 0 Å². The summed E-state index contributed by atoms with van der Waals surface area (Å²) in [6.45, 7) is 0. The maximum atomic E-state index is 6.67. The number of rotatable bonds is 5. The molecule has 1 aliphatic carbocycles. The lowest BCUT2D eigenvalue weighted by atomic mass is 9.64. The largest absolute Gasteiger partial charge is 0.455 e. The van der Waals surface area contributed by atoms with Crippen molar-refractivity contribution in [3.05, 3.63) is 253 Å². The van der Waals surface area contributed by atoms with Crippen molar-refractivity contribution in [3.63, 3.8) is 0 Å². The summed E-state index contributed by atoms with van der Waals surface area (Å²) in [5.74, 6) is 0. The molecule has 1 aliphatic heterocycles. The van der Waals surface area contributed by atoms with Gasteiger partial charge in [0.1, 0.15) is 11.2 Å². The summed E-state index contributed by atoms with van der Waals surface area (Å²) >= 11 is 0. The minimum atomic E-state index is -0.637. The van der Waals surface area contributed by atoms with E-state index < -0.39 is 5.41 Å². The molecule has 0 atom stereocenters. The summed E-state index contributed by atoms with van der Waals surface area (Å²) in [5.41, 5.74) is 20.5. The number of hydrogen-bond acceptors (Lipinski definition) is 3. The van der Waals surface area contributed by atoms with E-state index in [9.17, 15) is 0 Å². The molecule has 2 aromatic heterocycles. The molecule has 1 spiro atoms. The summed E-state index contributed by atoms with van der Waals surface area (Å²) in [4.78, 5) is 7.98. The van der Waals surface area contributed by atoms with Gasteiger partial charge in [0, 0.05) is 33.2 Å². The van der Waals surface area contributed by atoms with E-state index >= 15 is 0 Å². The lowest BCUT2D eigenvalue weighted by Gasteiger charge is -2.45. The van der Waals surface area contributed by atoms with E-state index in [2.05, 4.69) is 229 Å². The Balaban J connectivity index is 1.14. The number of fused-ring (bicyclic) bond motifs is 12. The van der Waals surface area contributed by atoms with Crippen LogP contribution < -0.4 is 4.90 Å². The number of nitrogens with zero attached hydrogens (tertiary/aromatic N) is 2. The molecule has 294 valence electrons. The standard InChI is InChI=1S/C60H38N2O/c1-4-18-39(19-5-1)42-37-53(40-20-6-2-7-21-40)61-54(38-42)47-27-17-30-52-58(47)48-36-41(44-25-16-26-46-45-24-10-15-33-57(45)63-59(44)46)34-35-49(48)60(52)50-28-11-13-31-55(50)62(43-22-8-3-9-23-43)56-32-14-12-29-51(56)60/h1-38H. The Morgan fingerprint density at radius 1 is 0.365 bits per heavy atom. The molecule has 0 fully saturated rings. The Hall–Kier alpha value is -8.27. The number of aromatic nitrogens is 1. The van der Waals surface area contributed by atoms with E-state index in [-0.39, 0.29) is 0 Å². The van der Waals surface area contributed by atoms with Gasteiger partial charge < -0.3 is 9.32 Å². The molecule has 63 heavy (non-hydrogen) atoms. The van der Waals surface area contributed by atoms with E-state index in [1.807, 2.05) is 6.07 Å². The van der Waals surface area contributed by atoms with Crippen LogP contribution in [0.25, 0.3) is 77.8 Å². The van der Waals surface area contributed by atoms with E-state index in [1.54, 1.807) is 0 Å². The van der Waals surface area contributed by atoms with Gasteiger partial charge in [0.25, 0.3) is 0 Å². The first kappa shape index (κ1) is 35.5. The molecule has 0 saturated heterocycles. The summed E-state index contributed by atoms with van der Waals surface area (Å²) in [7, 11) is 0. The first-order chi connectivity index (χ1) is 31.3. The zero-order chi connectivity index (χ0) is 41.5. The average Bonchev–Trinajstić information content (AvgIpc) is 3.89. The highest BCUT2D eigenvalue weighted by molar-refractivity contribution is 6.10. The number of pyridine rings is 1. The molecule has 3 heterocycles. The molecular formula is C60H38N2O. The molecule has 2 aliphatic rings. The third kappa shape index (κ3) is 5.23. The van der Waals surface area contributed by atoms with Crippen molar-refractivity contribution in [2.75, 3.05) is 4.90 Å². The zero-order valence-electron chi connectivity index (χ0n) is 34.2. The van der Waals surface area contributed by atoms with Crippen LogP contribution in [0.3, 0.4) is 0 Å². The lowest BCUT2D eigenvalue weighted by molar-refractivity contribution is 0.670. The first-order valence-corrected chi connectivity index (χ1v) is 21.6. The highest BCUT2D eigenvalue weighted by Gasteiger charge is 2.52.